The van der Waals surface area contributed by atoms with Gasteiger partial charge in [0, 0.05) is 31.9 Å². The second kappa shape index (κ2) is 18.7. The standard InChI is InChI=1S/C20H22FN5O.C7H13N.C6H11NO.C2H6/c1-12-22-11-17(24-12)19(25-20(27)18-8-9-23-26(18)2)14-7-6-13-4-3-5-16(21)15(13)10-14;1-4-6(2)5-7(3)8;1-5-2-3-6(8)7-4-5;1-2/h3-5,8-9,11,14,19H,6-7,10H2,1-2H3,(H,22,24)(H,25,27);5,8H,4H2,1-3H3;5H,2-4H2,1H3,(H,7,8);1-2H3. The lowest BCUT2D eigenvalue weighted by molar-refractivity contribution is -0.122. The fourth-order valence-electron chi connectivity index (χ4n) is 5.24. The van der Waals surface area contributed by atoms with Gasteiger partial charge in [0.1, 0.15) is 17.3 Å². The fourth-order valence-corrected chi connectivity index (χ4v) is 5.24. The third-order valence-corrected chi connectivity index (χ3v) is 7.87. The predicted molar refractivity (Wildman–Crippen MR) is 179 cm³/mol. The van der Waals surface area contributed by atoms with E-state index in [-0.39, 0.29) is 29.6 Å². The Morgan fingerprint density at radius 1 is 1.22 bits per heavy atom. The maximum absolute atomic E-state index is 14.3. The summed E-state index contributed by atoms with van der Waals surface area (Å²) in [6, 6.07) is 6.65. The van der Waals surface area contributed by atoms with Crippen LogP contribution < -0.4 is 10.6 Å². The first kappa shape index (κ1) is 37.1. The van der Waals surface area contributed by atoms with Crippen LogP contribution in [-0.2, 0) is 24.7 Å². The van der Waals surface area contributed by atoms with Crippen LogP contribution in [0.5, 0.6) is 0 Å². The quantitative estimate of drug-likeness (QED) is 0.226. The van der Waals surface area contributed by atoms with Crippen LogP contribution >= 0.6 is 0 Å². The Labute approximate surface area is 268 Å². The monoisotopic (exact) mass is 621 g/mol. The number of nitrogens with one attached hydrogen (secondary N) is 4. The molecule has 3 aromatic rings. The highest BCUT2D eigenvalue weighted by Crippen LogP contribution is 2.35. The van der Waals surface area contributed by atoms with Crippen LogP contribution in [-0.4, -0.2) is 43.8 Å². The van der Waals surface area contributed by atoms with Crippen LogP contribution in [0, 0.1) is 30.0 Å². The number of benzene rings is 1. The Bertz CT molecular complexity index is 1410. The molecular formula is C35H52FN7O2. The topological polar surface area (TPSA) is 129 Å². The molecule has 2 aromatic heterocycles. The van der Waals surface area contributed by atoms with Crippen molar-refractivity contribution in [2.24, 2.45) is 18.9 Å². The second-order valence-electron chi connectivity index (χ2n) is 11.6. The van der Waals surface area contributed by atoms with Crippen molar-refractivity contribution in [1.29, 1.82) is 5.41 Å². The Balaban J connectivity index is 0.000000321. The molecule has 246 valence electrons. The van der Waals surface area contributed by atoms with Gasteiger partial charge in [-0.1, -0.05) is 45.4 Å². The third kappa shape index (κ3) is 11.7. The lowest BCUT2D eigenvalue weighted by Crippen LogP contribution is -2.37. The first-order valence-corrected chi connectivity index (χ1v) is 16.0. The second-order valence-corrected chi connectivity index (χ2v) is 11.6. The highest BCUT2D eigenvalue weighted by Gasteiger charge is 2.31. The van der Waals surface area contributed by atoms with Gasteiger partial charge < -0.3 is 21.0 Å². The molecule has 3 heterocycles. The number of hydrogen-bond donors (Lipinski definition) is 4. The zero-order chi connectivity index (χ0) is 33.5. The van der Waals surface area contributed by atoms with Gasteiger partial charge in [-0.15, -0.1) is 0 Å². The van der Waals surface area contributed by atoms with Crippen LogP contribution in [0.3, 0.4) is 0 Å². The lowest BCUT2D eigenvalue weighted by atomic mass is 9.79. The van der Waals surface area contributed by atoms with E-state index in [9.17, 15) is 14.0 Å². The summed E-state index contributed by atoms with van der Waals surface area (Å²) >= 11 is 0. The Morgan fingerprint density at radius 2 is 1.96 bits per heavy atom. The van der Waals surface area contributed by atoms with Gasteiger partial charge in [0.15, 0.2) is 0 Å². The molecule has 2 amide bonds. The molecule has 1 fully saturated rings. The molecule has 10 heteroatoms. The zero-order valence-electron chi connectivity index (χ0n) is 28.3. The minimum absolute atomic E-state index is 0.0754. The minimum atomic E-state index is -0.277. The number of rotatable bonds is 6. The third-order valence-electron chi connectivity index (χ3n) is 7.87. The number of piperidine rings is 1. The molecule has 9 nitrogen and oxygen atoms in total. The number of H-pyrrole nitrogens is 1. The number of halogens is 1. The van der Waals surface area contributed by atoms with Gasteiger partial charge in [-0.3, -0.25) is 14.3 Å². The van der Waals surface area contributed by atoms with Gasteiger partial charge in [-0.05, 0) is 94.0 Å². The van der Waals surface area contributed by atoms with Crippen molar-refractivity contribution in [3.8, 4) is 0 Å². The Morgan fingerprint density at radius 3 is 2.47 bits per heavy atom. The zero-order valence-corrected chi connectivity index (χ0v) is 28.3. The molecule has 0 saturated carbocycles. The van der Waals surface area contributed by atoms with Crippen LogP contribution in [0.2, 0.25) is 0 Å². The van der Waals surface area contributed by atoms with Gasteiger partial charge in [0.05, 0.1) is 17.9 Å². The SMILES string of the molecule is CC.CC1CCC(=O)NC1.CCC(C)=CC(C)=N.Cc1ncc(C(NC(=O)c2ccnn2C)C2CCc3cccc(F)c3C2)[nH]1. The molecule has 1 aliphatic carbocycles. The number of carbonyl (C=O) groups is 2. The van der Waals surface area contributed by atoms with Gasteiger partial charge in [0.2, 0.25) is 5.91 Å². The summed E-state index contributed by atoms with van der Waals surface area (Å²) in [4.78, 5) is 30.8. The highest BCUT2D eigenvalue weighted by atomic mass is 19.1. The number of imidazole rings is 1. The van der Waals surface area contributed by atoms with Crippen molar-refractivity contribution < 1.29 is 14.0 Å². The van der Waals surface area contributed by atoms with E-state index in [0.29, 0.717) is 23.7 Å². The molecule has 2 aliphatic rings. The van der Waals surface area contributed by atoms with E-state index in [1.807, 2.05) is 39.8 Å². The number of carbonyl (C=O) groups excluding carboxylic acids is 2. The largest absolute Gasteiger partial charge is 0.356 e. The molecule has 0 bridgehead atoms. The number of nitrogens with zero attached hydrogens (tertiary/aromatic N) is 3. The molecule has 5 rings (SSSR count). The molecule has 45 heavy (non-hydrogen) atoms. The number of hydrogen-bond acceptors (Lipinski definition) is 5. The molecule has 0 spiro atoms. The molecule has 0 radical (unpaired) electrons. The van der Waals surface area contributed by atoms with Crippen molar-refractivity contribution in [1.82, 2.24) is 30.4 Å². The smallest absolute Gasteiger partial charge is 0.270 e. The van der Waals surface area contributed by atoms with Crippen LogP contribution in [0.25, 0.3) is 0 Å². The van der Waals surface area contributed by atoms with E-state index in [4.69, 9.17) is 5.41 Å². The van der Waals surface area contributed by atoms with Crippen molar-refractivity contribution in [3.05, 3.63) is 82.5 Å². The van der Waals surface area contributed by atoms with Crippen molar-refractivity contribution in [2.45, 2.75) is 93.0 Å². The molecular weight excluding hydrogens is 569 g/mol. The van der Waals surface area contributed by atoms with Gasteiger partial charge >= 0.3 is 0 Å². The Kier molecular flexibility index (Phi) is 15.4. The summed E-state index contributed by atoms with van der Waals surface area (Å²) in [6.07, 6.45) is 10.3. The number of fused-ring (bicyclic) bond motifs is 1. The molecule has 1 aromatic carbocycles. The van der Waals surface area contributed by atoms with E-state index < -0.39 is 0 Å². The van der Waals surface area contributed by atoms with Gasteiger partial charge in [-0.2, -0.15) is 5.10 Å². The van der Waals surface area contributed by atoms with Crippen molar-refractivity contribution >= 4 is 17.5 Å². The van der Waals surface area contributed by atoms with Crippen molar-refractivity contribution in [3.63, 3.8) is 0 Å². The van der Waals surface area contributed by atoms with E-state index in [0.717, 1.165) is 61.3 Å². The highest BCUT2D eigenvalue weighted by molar-refractivity contribution is 5.92. The summed E-state index contributed by atoms with van der Waals surface area (Å²) in [5, 5.41) is 17.0. The van der Waals surface area contributed by atoms with E-state index in [2.05, 4.69) is 39.5 Å². The van der Waals surface area contributed by atoms with E-state index in [1.165, 1.54) is 11.6 Å². The first-order chi connectivity index (χ1) is 21.5. The van der Waals surface area contributed by atoms with Crippen LogP contribution in [0.15, 0.2) is 48.3 Å². The number of aromatic amines is 1. The fraction of sp³-hybridized carbons (Fsp3) is 0.514. The van der Waals surface area contributed by atoms with Crippen LogP contribution in [0.4, 0.5) is 4.39 Å². The normalized spacial score (nSPS) is 17.9. The Hall–Kier alpha value is -4.08. The summed E-state index contributed by atoms with van der Waals surface area (Å²) in [5.41, 5.74) is 5.06. The summed E-state index contributed by atoms with van der Waals surface area (Å²) in [5.74, 6) is 1.38. The molecule has 1 saturated heterocycles. The number of aromatic nitrogens is 4. The maximum Gasteiger partial charge on any atom is 0.270 e. The summed E-state index contributed by atoms with van der Waals surface area (Å²) < 4.78 is 15.9. The van der Waals surface area contributed by atoms with E-state index >= 15 is 0 Å². The number of amides is 2. The lowest BCUT2D eigenvalue weighted by Gasteiger charge is -2.31. The maximum atomic E-state index is 14.3. The number of aryl methyl sites for hydroxylation is 3. The van der Waals surface area contributed by atoms with Gasteiger partial charge in [-0.25, -0.2) is 9.37 Å². The average molecular weight is 622 g/mol. The molecule has 1 aliphatic heterocycles. The van der Waals surface area contributed by atoms with E-state index in [1.54, 1.807) is 43.2 Å². The average Bonchev–Trinajstić information content (AvgIpc) is 3.66. The van der Waals surface area contributed by atoms with Gasteiger partial charge in [0.25, 0.3) is 5.91 Å². The molecule has 3 unspecified atom stereocenters. The molecule has 4 N–H and O–H groups in total. The molecule has 3 atom stereocenters. The minimum Gasteiger partial charge on any atom is -0.356 e. The number of allylic oxidation sites excluding steroid dienone is 2. The van der Waals surface area contributed by atoms with Crippen molar-refractivity contribution in [2.75, 3.05) is 6.54 Å². The predicted octanol–water partition coefficient (Wildman–Crippen LogP) is 6.81. The summed E-state index contributed by atoms with van der Waals surface area (Å²) in [7, 11) is 1.73. The summed E-state index contributed by atoms with van der Waals surface area (Å²) in [6.45, 7) is 14.8. The first-order valence-electron chi connectivity index (χ1n) is 16.0. The van der Waals surface area contributed by atoms with Crippen LogP contribution in [0.1, 0.15) is 106 Å².